The minimum atomic E-state index is -4.05. The van der Waals surface area contributed by atoms with Crippen molar-refractivity contribution in [3.8, 4) is 0 Å². The van der Waals surface area contributed by atoms with E-state index >= 15 is 0 Å². The Bertz CT molecular complexity index is 1550. The Kier molecular flexibility index (Phi) is 9.24. The fourth-order valence-electron chi connectivity index (χ4n) is 5.79. The van der Waals surface area contributed by atoms with E-state index in [2.05, 4.69) is 15.0 Å². The van der Waals surface area contributed by atoms with E-state index in [9.17, 15) is 32.6 Å². The van der Waals surface area contributed by atoms with Crippen LogP contribution in [0.5, 0.6) is 0 Å². The number of sulfonamides is 1. The van der Waals surface area contributed by atoms with Gasteiger partial charge < -0.3 is 15.5 Å². The molecule has 43 heavy (non-hydrogen) atoms. The molecule has 1 fully saturated rings. The number of halogens is 1. The Labute approximate surface area is 251 Å². The lowest BCUT2D eigenvalue weighted by molar-refractivity contribution is -0.117. The smallest absolute Gasteiger partial charge is 0.408 e. The first-order valence-corrected chi connectivity index (χ1v) is 15.4. The molecule has 4 rings (SSSR count). The third-order valence-electron chi connectivity index (χ3n) is 8.21. The SMILES string of the molecule is C[C@H](NS(=O)(=O)c1ccc(F)cc1)C(=O)Nc1ccc(C[C@]2(C(C)(C)C)CC[C@H]([C@H](O)c3cccnc3)N2C(=O)O)cc1. The highest BCUT2D eigenvalue weighted by molar-refractivity contribution is 7.89. The molecule has 1 aliphatic heterocycles. The number of pyridine rings is 1. The van der Waals surface area contributed by atoms with Gasteiger partial charge >= 0.3 is 6.09 Å². The molecular formula is C31H37FN4O6S. The van der Waals surface area contributed by atoms with Crippen molar-refractivity contribution >= 4 is 27.7 Å². The Hall–Kier alpha value is -3.87. The number of nitrogens with zero attached hydrogens (tertiary/aromatic N) is 2. The monoisotopic (exact) mass is 612 g/mol. The second-order valence-electron chi connectivity index (χ2n) is 11.9. The van der Waals surface area contributed by atoms with Gasteiger partial charge in [-0.1, -0.05) is 39.0 Å². The quantitative estimate of drug-likeness (QED) is 0.273. The van der Waals surface area contributed by atoms with Gasteiger partial charge in [-0.15, -0.1) is 0 Å². The Morgan fingerprint density at radius 3 is 2.33 bits per heavy atom. The molecular weight excluding hydrogens is 575 g/mol. The number of aliphatic hydroxyl groups excluding tert-OH is 1. The van der Waals surface area contributed by atoms with Gasteiger partial charge in [0.25, 0.3) is 0 Å². The lowest BCUT2D eigenvalue weighted by Crippen LogP contribution is -2.59. The normalized spacial score (nSPS) is 20.4. The van der Waals surface area contributed by atoms with E-state index in [0.717, 1.165) is 29.8 Å². The highest BCUT2D eigenvalue weighted by Gasteiger charge is 2.57. The van der Waals surface area contributed by atoms with Crippen LogP contribution < -0.4 is 10.0 Å². The fraction of sp³-hybridized carbons (Fsp3) is 0.387. The molecule has 2 aromatic carbocycles. The maximum absolute atomic E-state index is 13.2. The number of carboxylic acid groups (broad SMARTS) is 1. The number of rotatable bonds is 9. The predicted molar refractivity (Wildman–Crippen MR) is 159 cm³/mol. The second kappa shape index (κ2) is 12.4. The number of amides is 2. The van der Waals surface area contributed by atoms with E-state index in [-0.39, 0.29) is 4.90 Å². The van der Waals surface area contributed by atoms with Crippen LogP contribution in [-0.4, -0.2) is 58.1 Å². The van der Waals surface area contributed by atoms with Crippen molar-refractivity contribution in [3.63, 3.8) is 0 Å². The van der Waals surface area contributed by atoms with Crippen LogP contribution in [0.25, 0.3) is 0 Å². The van der Waals surface area contributed by atoms with Gasteiger partial charge in [-0.05, 0) is 79.6 Å². The summed E-state index contributed by atoms with van der Waals surface area (Å²) < 4.78 is 40.6. The minimum Gasteiger partial charge on any atom is -0.465 e. The lowest BCUT2D eigenvalue weighted by Gasteiger charge is -2.49. The summed E-state index contributed by atoms with van der Waals surface area (Å²) in [4.78, 5) is 30.8. The van der Waals surface area contributed by atoms with E-state index in [0.29, 0.717) is 30.5 Å². The maximum Gasteiger partial charge on any atom is 0.408 e. The molecule has 0 bridgehead atoms. The number of likely N-dealkylation sites (tertiary alicyclic amines) is 1. The third-order valence-corrected chi connectivity index (χ3v) is 9.76. The van der Waals surface area contributed by atoms with Gasteiger partial charge in [0.05, 0.1) is 22.5 Å². The molecule has 10 nitrogen and oxygen atoms in total. The molecule has 1 aromatic heterocycles. The Morgan fingerprint density at radius 2 is 1.77 bits per heavy atom. The molecule has 4 N–H and O–H groups in total. The number of hydrogen-bond donors (Lipinski definition) is 4. The highest BCUT2D eigenvalue weighted by atomic mass is 32.2. The first kappa shape index (κ1) is 32.1. The summed E-state index contributed by atoms with van der Waals surface area (Å²) in [5.41, 5.74) is 0.500. The van der Waals surface area contributed by atoms with Crippen LogP contribution >= 0.6 is 0 Å². The highest BCUT2D eigenvalue weighted by Crippen LogP contribution is 2.50. The summed E-state index contributed by atoms with van der Waals surface area (Å²) >= 11 is 0. The van der Waals surface area contributed by atoms with Crippen molar-refractivity contribution in [2.75, 3.05) is 5.32 Å². The van der Waals surface area contributed by atoms with Crippen LogP contribution in [0, 0.1) is 11.2 Å². The molecule has 0 saturated carbocycles. The molecule has 2 amide bonds. The van der Waals surface area contributed by atoms with E-state index in [1.807, 2.05) is 20.8 Å². The van der Waals surface area contributed by atoms with Crippen LogP contribution in [0.1, 0.15) is 57.8 Å². The third kappa shape index (κ3) is 6.87. The number of aliphatic hydroxyl groups is 1. The van der Waals surface area contributed by atoms with Gasteiger partial charge in [0.15, 0.2) is 0 Å². The van der Waals surface area contributed by atoms with Crippen molar-refractivity contribution < 1.29 is 32.6 Å². The van der Waals surface area contributed by atoms with Crippen LogP contribution in [0.2, 0.25) is 0 Å². The molecule has 0 aliphatic carbocycles. The van der Waals surface area contributed by atoms with Gasteiger partial charge in [-0.25, -0.2) is 17.6 Å². The predicted octanol–water partition coefficient (Wildman–Crippen LogP) is 4.73. The molecule has 1 aliphatic rings. The number of carbonyl (C=O) groups excluding carboxylic acids is 1. The number of aromatic nitrogens is 1. The van der Waals surface area contributed by atoms with E-state index in [1.165, 1.54) is 11.8 Å². The zero-order chi connectivity index (χ0) is 31.6. The summed E-state index contributed by atoms with van der Waals surface area (Å²) in [6, 6.07) is 12.9. The topological polar surface area (TPSA) is 149 Å². The van der Waals surface area contributed by atoms with Crippen molar-refractivity contribution in [1.29, 1.82) is 0 Å². The van der Waals surface area contributed by atoms with Crippen molar-refractivity contribution in [2.45, 2.75) is 75.6 Å². The molecule has 12 heteroatoms. The Morgan fingerprint density at radius 1 is 1.12 bits per heavy atom. The van der Waals surface area contributed by atoms with Gasteiger partial charge in [0.2, 0.25) is 15.9 Å². The van der Waals surface area contributed by atoms with E-state index < -0.39 is 57.0 Å². The van der Waals surface area contributed by atoms with E-state index in [1.54, 1.807) is 48.8 Å². The average Bonchev–Trinajstić information content (AvgIpc) is 3.35. The summed E-state index contributed by atoms with van der Waals surface area (Å²) in [7, 11) is -4.05. The van der Waals surface area contributed by atoms with Gasteiger partial charge in [-0.3, -0.25) is 14.7 Å². The first-order chi connectivity index (χ1) is 20.1. The standard InChI is InChI=1S/C31H37FN4O6S/c1-20(35-43(41,42)25-13-9-23(32)10-14-25)28(38)34-24-11-7-21(8-12-24)18-31(30(2,3)4)16-15-26(36(31)29(39)40)27(37)22-6-5-17-33-19-22/h5-14,17,19-20,26-27,35,37H,15-16,18H2,1-4H3,(H,34,38)(H,39,40)/t20-,26+,27+,31-/m0/s1. The van der Waals surface area contributed by atoms with Crippen LogP contribution in [0.4, 0.5) is 14.9 Å². The van der Waals surface area contributed by atoms with Crippen molar-refractivity contribution in [1.82, 2.24) is 14.6 Å². The lowest BCUT2D eigenvalue weighted by atomic mass is 9.68. The number of hydrogen-bond acceptors (Lipinski definition) is 6. The van der Waals surface area contributed by atoms with Gasteiger partial charge in [0.1, 0.15) is 11.9 Å². The van der Waals surface area contributed by atoms with E-state index in [4.69, 9.17) is 0 Å². The van der Waals surface area contributed by atoms with Gasteiger partial charge in [0, 0.05) is 23.6 Å². The molecule has 3 aromatic rings. The summed E-state index contributed by atoms with van der Waals surface area (Å²) in [5, 5.41) is 24.3. The zero-order valence-corrected chi connectivity index (χ0v) is 25.3. The average molecular weight is 613 g/mol. The van der Waals surface area contributed by atoms with Crippen molar-refractivity contribution in [2.24, 2.45) is 5.41 Å². The van der Waals surface area contributed by atoms with Crippen LogP contribution in [-0.2, 0) is 21.2 Å². The summed E-state index contributed by atoms with van der Waals surface area (Å²) in [5.74, 6) is -1.17. The minimum absolute atomic E-state index is 0.164. The first-order valence-electron chi connectivity index (χ1n) is 13.9. The molecule has 0 spiro atoms. The van der Waals surface area contributed by atoms with Crippen molar-refractivity contribution in [3.05, 3.63) is 90.0 Å². The number of nitrogens with one attached hydrogen (secondary N) is 2. The van der Waals surface area contributed by atoms with Gasteiger partial charge in [-0.2, -0.15) is 4.72 Å². The largest absolute Gasteiger partial charge is 0.465 e. The molecule has 1 saturated heterocycles. The Balaban J connectivity index is 1.49. The maximum atomic E-state index is 13.2. The zero-order valence-electron chi connectivity index (χ0n) is 24.5. The second-order valence-corrected chi connectivity index (χ2v) is 13.6. The molecule has 0 radical (unpaired) electrons. The molecule has 2 heterocycles. The number of benzene rings is 2. The molecule has 0 unspecified atom stereocenters. The number of anilines is 1. The van der Waals surface area contributed by atoms with Crippen LogP contribution in [0.3, 0.4) is 0 Å². The molecule has 4 atom stereocenters. The van der Waals surface area contributed by atoms with Crippen LogP contribution in [0.15, 0.2) is 78.0 Å². The summed E-state index contributed by atoms with van der Waals surface area (Å²) in [6.07, 6.45) is 2.38. The fourth-order valence-corrected chi connectivity index (χ4v) is 6.99. The molecule has 230 valence electrons. The number of carbonyl (C=O) groups is 2. The summed E-state index contributed by atoms with van der Waals surface area (Å²) in [6.45, 7) is 7.37.